The van der Waals surface area contributed by atoms with Crippen molar-refractivity contribution in [3.63, 3.8) is 0 Å². The van der Waals surface area contributed by atoms with Gasteiger partial charge in [-0.3, -0.25) is 0 Å². The summed E-state index contributed by atoms with van der Waals surface area (Å²) in [5.41, 5.74) is 0. The van der Waals surface area contributed by atoms with Gasteiger partial charge >= 0.3 is 0 Å². The molecule has 0 N–H and O–H groups in total. The van der Waals surface area contributed by atoms with E-state index in [2.05, 4.69) is 5.92 Å². The van der Waals surface area contributed by atoms with E-state index in [0.29, 0.717) is 0 Å². The van der Waals surface area contributed by atoms with Crippen molar-refractivity contribution in [2.24, 2.45) is 0 Å². The monoisotopic (exact) mass is 174 g/mol. The van der Waals surface area contributed by atoms with E-state index in [1.165, 1.54) is 0 Å². The molecule has 2 nitrogen and oxygen atoms in total. The van der Waals surface area contributed by atoms with Gasteiger partial charge in [0.15, 0.2) is 0 Å². The van der Waals surface area contributed by atoms with Crippen LogP contribution in [0.25, 0.3) is 0 Å². The Labute approximate surface area is 68.4 Å². The van der Waals surface area contributed by atoms with Crippen molar-refractivity contribution in [3.05, 3.63) is 0 Å². The molecular formula is C6H14O2Si2. The summed E-state index contributed by atoms with van der Waals surface area (Å²) in [6.07, 6.45) is 7.07. The number of hydrogen-bond acceptors (Lipinski definition) is 2. The molecule has 58 valence electrons. The lowest BCUT2D eigenvalue weighted by Crippen LogP contribution is -2.17. The highest BCUT2D eigenvalue weighted by atomic mass is 28.2. The quantitative estimate of drug-likeness (QED) is 0.368. The first-order valence-electron chi connectivity index (χ1n) is 3.30. The standard InChI is InChI=1S/C6H14O2Si2/c1-2-3-4-6(8-10)5-7-9/h1,6H,3-5H2,9-10H3/t6-/m1/s1. The van der Waals surface area contributed by atoms with E-state index in [-0.39, 0.29) is 6.10 Å². The Morgan fingerprint density at radius 3 is 2.60 bits per heavy atom. The fourth-order valence-electron chi connectivity index (χ4n) is 0.699. The molecule has 0 aliphatic rings. The maximum atomic E-state index is 5.23. The lowest BCUT2D eigenvalue weighted by atomic mass is 10.2. The molecule has 0 aliphatic heterocycles. The molecule has 0 aliphatic carbocycles. The molecule has 1 atom stereocenters. The molecule has 0 amide bonds. The van der Waals surface area contributed by atoms with Gasteiger partial charge in [-0.25, -0.2) is 0 Å². The number of hydrogen-bond donors (Lipinski definition) is 0. The van der Waals surface area contributed by atoms with Crippen molar-refractivity contribution in [1.29, 1.82) is 0 Å². The second-order valence-electron chi connectivity index (χ2n) is 2.06. The van der Waals surface area contributed by atoms with E-state index in [4.69, 9.17) is 15.3 Å². The first-order chi connectivity index (χ1) is 4.85. The normalized spacial score (nSPS) is 13.1. The molecule has 0 heterocycles. The van der Waals surface area contributed by atoms with Crippen molar-refractivity contribution in [2.45, 2.75) is 18.9 Å². The first-order valence-corrected chi connectivity index (χ1v) is 4.93. The third-order valence-corrected chi connectivity index (χ3v) is 2.30. The summed E-state index contributed by atoms with van der Waals surface area (Å²) < 4.78 is 10.3. The lowest BCUT2D eigenvalue weighted by Gasteiger charge is -2.12. The second kappa shape index (κ2) is 7.03. The molecule has 0 aromatic heterocycles. The van der Waals surface area contributed by atoms with Crippen LogP contribution in [-0.2, 0) is 8.85 Å². The van der Waals surface area contributed by atoms with Crippen LogP contribution in [0.3, 0.4) is 0 Å². The van der Waals surface area contributed by atoms with Crippen LogP contribution in [-0.4, -0.2) is 33.7 Å². The lowest BCUT2D eigenvalue weighted by molar-refractivity contribution is 0.139. The summed E-state index contributed by atoms with van der Waals surface area (Å²) in [5.74, 6) is 2.58. The van der Waals surface area contributed by atoms with Crippen LogP contribution in [0.15, 0.2) is 0 Å². The maximum Gasteiger partial charge on any atom is 0.146 e. The van der Waals surface area contributed by atoms with E-state index in [1.54, 1.807) is 0 Å². The van der Waals surface area contributed by atoms with Crippen LogP contribution in [0.2, 0.25) is 0 Å². The average Bonchev–Trinajstić information content (AvgIpc) is 1.98. The molecular weight excluding hydrogens is 160 g/mol. The Bertz CT molecular complexity index is 111. The van der Waals surface area contributed by atoms with E-state index in [9.17, 15) is 0 Å². The largest absolute Gasteiger partial charge is 0.425 e. The SMILES string of the molecule is C#CCC[C@H](CO[SiH3])O[SiH3]. The average molecular weight is 174 g/mol. The summed E-state index contributed by atoms with van der Waals surface area (Å²) in [6, 6.07) is 0. The fourth-order valence-corrected chi connectivity index (χ4v) is 1.44. The van der Waals surface area contributed by atoms with Crippen molar-refractivity contribution in [3.8, 4) is 12.3 Å². The van der Waals surface area contributed by atoms with E-state index >= 15 is 0 Å². The van der Waals surface area contributed by atoms with Gasteiger partial charge in [-0.15, -0.1) is 12.3 Å². The Hall–Kier alpha value is -0.0862. The zero-order chi connectivity index (χ0) is 7.82. The van der Waals surface area contributed by atoms with Crippen LogP contribution < -0.4 is 0 Å². The van der Waals surface area contributed by atoms with Crippen molar-refractivity contribution in [2.75, 3.05) is 6.61 Å². The van der Waals surface area contributed by atoms with Gasteiger partial charge in [0, 0.05) is 6.42 Å². The van der Waals surface area contributed by atoms with Crippen LogP contribution >= 0.6 is 0 Å². The summed E-state index contributed by atoms with van der Waals surface area (Å²) >= 11 is 0. The fraction of sp³-hybridized carbons (Fsp3) is 0.667. The third-order valence-electron chi connectivity index (χ3n) is 1.30. The molecule has 0 bridgehead atoms. The molecule has 0 saturated carbocycles. The molecule has 10 heavy (non-hydrogen) atoms. The first kappa shape index (κ1) is 9.91. The van der Waals surface area contributed by atoms with Gasteiger partial charge in [0.2, 0.25) is 0 Å². The molecule has 0 aromatic rings. The molecule has 4 heteroatoms. The van der Waals surface area contributed by atoms with Gasteiger partial charge in [-0.2, -0.15) is 0 Å². The molecule has 0 fully saturated rings. The van der Waals surface area contributed by atoms with Gasteiger partial charge in [0.25, 0.3) is 0 Å². The summed E-state index contributed by atoms with van der Waals surface area (Å²) in [7, 11) is 1.55. The smallest absolute Gasteiger partial charge is 0.146 e. The van der Waals surface area contributed by atoms with E-state index < -0.39 is 0 Å². The van der Waals surface area contributed by atoms with Crippen molar-refractivity contribution < 1.29 is 8.85 Å². The minimum atomic E-state index is 0.250. The summed E-state index contributed by atoms with van der Waals surface area (Å²) in [6.45, 7) is 0.720. The van der Waals surface area contributed by atoms with E-state index in [1.807, 2.05) is 0 Å². The van der Waals surface area contributed by atoms with Gasteiger partial charge in [0.05, 0.1) is 12.7 Å². The van der Waals surface area contributed by atoms with Gasteiger partial charge in [-0.05, 0) is 6.42 Å². The second-order valence-corrected chi connectivity index (χ2v) is 3.10. The highest BCUT2D eigenvalue weighted by Crippen LogP contribution is 1.99. The van der Waals surface area contributed by atoms with Gasteiger partial charge in [-0.1, -0.05) is 0 Å². The number of rotatable bonds is 5. The van der Waals surface area contributed by atoms with Crippen molar-refractivity contribution in [1.82, 2.24) is 0 Å². The topological polar surface area (TPSA) is 18.5 Å². The molecule has 0 saturated heterocycles. The van der Waals surface area contributed by atoms with Crippen LogP contribution in [0.4, 0.5) is 0 Å². The van der Waals surface area contributed by atoms with Gasteiger partial charge < -0.3 is 8.85 Å². The minimum Gasteiger partial charge on any atom is -0.425 e. The molecule has 0 unspecified atom stereocenters. The van der Waals surface area contributed by atoms with Crippen LogP contribution in [0.1, 0.15) is 12.8 Å². The summed E-state index contributed by atoms with van der Waals surface area (Å²) in [5, 5.41) is 0. The Morgan fingerprint density at radius 2 is 2.20 bits per heavy atom. The van der Waals surface area contributed by atoms with Crippen LogP contribution in [0.5, 0.6) is 0 Å². The maximum absolute atomic E-state index is 5.23. The molecule has 0 spiro atoms. The van der Waals surface area contributed by atoms with Crippen LogP contribution in [0, 0.1) is 12.3 Å². The molecule has 0 rings (SSSR count). The van der Waals surface area contributed by atoms with Gasteiger partial charge in [0.1, 0.15) is 21.0 Å². The highest BCUT2D eigenvalue weighted by Gasteiger charge is 2.02. The highest BCUT2D eigenvalue weighted by molar-refractivity contribution is 5.98. The molecule has 0 aromatic carbocycles. The zero-order valence-corrected chi connectivity index (χ0v) is 10.6. The summed E-state index contributed by atoms with van der Waals surface area (Å²) in [4.78, 5) is 0. The Kier molecular flexibility index (Phi) is 6.97. The predicted octanol–water partition coefficient (Wildman–Crippen LogP) is -1.64. The molecule has 0 radical (unpaired) electrons. The predicted molar refractivity (Wildman–Crippen MR) is 48.8 cm³/mol. The van der Waals surface area contributed by atoms with E-state index in [0.717, 1.165) is 40.4 Å². The minimum absolute atomic E-state index is 0.250. The number of terminal acetylenes is 1. The Balaban J connectivity index is 3.32. The zero-order valence-electron chi connectivity index (χ0n) is 6.59. The Morgan fingerprint density at radius 1 is 1.50 bits per heavy atom. The van der Waals surface area contributed by atoms with Crippen molar-refractivity contribution >= 4 is 21.0 Å². The third kappa shape index (κ3) is 4.76.